The summed E-state index contributed by atoms with van der Waals surface area (Å²) in [6, 6.07) is 5.70. The third kappa shape index (κ3) is 4.38. The van der Waals surface area contributed by atoms with E-state index < -0.39 is 10.8 Å². The highest BCUT2D eigenvalue weighted by Crippen LogP contribution is 2.26. The van der Waals surface area contributed by atoms with Crippen molar-refractivity contribution in [2.24, 2.45) is 12.1 Å². The van der Waals surface area contributed by atoms with Gasteiger partial charge in [-0.3, -0.25) is 4.79 Å². The smallest absolute Gasteiger partial charge is 0.358 e. The molecule has 0 saturated heterocycles. The van der Waals surface area contributed by atoms with E-state index in [0.29, 0.717) is 11.3 Å². The van der Waals surface area contributed by atoms with E-state index in [9.17, 15) is 19.3 Å². The number of halogens is 1. The molecule has 1 heterocycles. The highest BCUT2D eigenvalue weighted by Gasteiger charge is 2.21. The predicted octanol–water partition coefficient (Wildman–Crippen LogP) is 2.10. The second-order valence-electron chi connectivity index (χ2n) is 4.77. The van der Waals surface area contributed by atoms with Crippen molar-refractivity contribution in [1.29, 1.82) is 0 Å². The number of thioether (sulfide) groups is 1. The number of nitro groups is 1. The van der Waals surface area contributed by atoms with Crippen LogP contribution in [0.25, 0.3) is 0 Å². The molecule has 1 N–H and O–H groups in total. The Morgan fingerprint density at radius 2 is 2.12 bits per heavy atom. The maximum Gasteiger partial charge on any atom is 0.395 e. The fourth-order valence-corrected chi connectivity index (χ4v) is 2.61. The summed E-state index contributed by atoms with van der Waals surface area (Å²) in [4.78, 5) is 25.7. The summed E-state index contributed by atoms with van der Waals surface area (Å²) in [5.74, 6) is -1.12. The van der Waals surface area contributed by atoms with Crippen LogP contribution in [-0.2, 0) is 11.8 Å². The Hall–Kier alpha value is -2.75. The van der Waals surface area contributed by atoms with Crippen LogP contribution in [0.15, 0.2) is 40.7 Å². The van der Waals surface area contributed by atoms with Crippen molar-refractivity contribution in [1.82, 2.24) is 15.0 Å². The van der Waals surface area contributed by atoms with Crippen LogP contribution >= 0.6 is 11.8 Å². The largest absolute Gasteiger partial charge is 0.395 e. The van der Waals surface area contributed by atoms with E-state index in [1.807, 2.05) is 0 Å². The zero-order valence-corrected chi connectivity index (χ0v) is 13.7. The molecule has 1 aromatic heterocycles. The number of amides is 1. The lowest BCUT2D eigenvalue weighted by atomic mass is 10.1. The van der Waals surface area contributed by atoms with Crippen LogP contribution in [0.5, 0.6) is 0 Å². The number of imidazole rings is 1. The van der Waals surface area contributed by atoms with Crippen LogP contribution in [0, 0.1) is 15.9 Å². The molecule has 0 aliphatic rings. The lowest BCUT2D eigenvalue weighted by Gasteiger charge is -2.03. The van der Waals surface area contributed by atoms with Crippen LogP contribution in [0.3, 0.4) is 0 Å². The third-order valence-electron chi connectivity index (χ3n) is 2.99. The molecular formula is C14H14FN5O3S. The fourth-order valence-electron chi connectivity index (χ4n) is 1.77. The summed E-state index contributed by atoms with van der Waals surface area (Å²) in [5.41, 5.74) is 3.55. The Morgan fingerprint density at radius 1 is 1.46 bits per heavy atom. The summed E-state index contributed by atoms with van der Waals surface area (Å²) < 4.78 is 14.3. The topological polar surface area (TPSA) is 102 Å². The van der Waals surface area contributed by atoms with E-state index in [4.69, 9.17) is 0 Å². The molecule has 0 aliphatic carbocycles. The van der Waals surface area contributed by atoms with Gasteiger partial charge in [0, 0.05) is 7.05 Å². The number of hydrogen-bond acceptors (Lipinski definition) is 6. The maximum absolute atomic E-state index is 12.9. The molecule has 0 unspecified atom stereocenters. The van der Waals surface area contributed by atoms with E-state index in [0.717, 1.165) is 11.8 Å². The van der Waals surface area contributed by atoms with Gasteiger partial charge in [0.2, 0.25) is 12.2 Å². The molecule has 24 heavy (non-hydrogen) atoms. The minimum absolute atomic E-state index is 0.0550. The Balaban J connectivity index is 1.94. The minimum atomic E-state index is -0.600. The maximum atomic E-state index is 12.9. The van der Waals surface area contributed by atoms with Crippen LogP contribution in [0.4, 0.5) is 10.2 Å². The molecular weight excluding hydrogens is 337 g/mol. The second-order valence-corrected chi connectivity index (χ2v) is 5.73. The summed E-state index contributed by atoms with van der Waals surface area (Å²) in [6.45, 7) is 1.67. The summed E-state index contributed by atoms with van der Waals surface area (Å²) in [5, 5.41) is 15.1. The van der Waals surface area contributed by atoms with Crippen molar-refractivity contribution in [3.63, 3.8) is 0 Å². The van der Waals surface area contributed by atoms with Gasteiger partial charge in [0.25, 0.3) is 0 Å². The van der Waals surface area contributed by atoms with Crippen molar-refractivity contribution in [2.45, 2.75) is 11.9 Å². The minimum Gasteiger partial charge on any atom is -0.358 e. The monoisotopic (exact) mass is 351 g/mol. The fraction of sp³-hybridized carbons (Fsp3) is 0.214. The summed E-state index contributed by atoms with van der Waals surface area (Å²) >= 11 is 0.994. The number of aryl methyl sites for hydroxylation is 1. The SMILES string of the molecule is C/C(=N/NC(=O)CSc1c([N+](=O)[O-])ncn1C)c1ccc(F)cc1. The zero-order valence-electron chi connectivity index (χ0n) is 12.9. The summed E-state index contributed by atoms with van der Waals surface area (Å²) in [7, 11) is 1.61. The number of hydrazone groups is 1. The first kappa shape index (κ1) is 17.6. The number of rotatable bonds is 6. The van der Waals surface area contributed by atoms with Gasteiger partial charge in [0.1, 0.15) is 5.82 Å². The molecule has 1 aromatic carbocycles. The number of carbonyl (C=O) groups is 1. The van der Waals surface area contributed by atoms with Gasteiger partial charge < -0.3 is 14.7 Å². The number of benzene rings is 1. The molecule has 1 amide bonds. The average Bonchev–Trinajstić information content (AvgIpc) is 2.92. The quantitative estimate of drug-likeness (QED) is 0.372. The molecule has 126 valence electrons. The molecule has 0 radical (unpaired) electrons. The Kier molecular flexibility index (Phi) is 5.64. The van der Waals surface area contributed by atoms with Crippen molar-refractivity contribution >= 4 is 29.2 Å². The van der Waals surface area contributed by atoms with E-state index >= 15 is 0 Å². The van der Waals surface area contributed by atoms with E-state index in [1.54, 1.807) is 26.1 Å². The molecule has 0 fully saturated rings. The van der Waals surface area contributed by atoms with Crippen molar-refractivity contribution in [3.8, 4) is 0 Å². The van der Waals surface area contributed by atoms with Crippen LogP contribution in [-0.4, -0.2) is 31.8 Å². The molecule has 10 heteroatoms. The highest BCUT2D eigenvalue weighted by molar-refractivity contribution is 8.00. The Bertz CT molecular complexity index is 788. The van der Waals surface area contributed by atoms with E-state index in [-0.39, 0.29) is 22.4 Å². The third-order valence-corrected chi connectivity index (χ3v) is 4.14. The van der Waals surface area contributed by atoms with Gasteiger partial charge in [-0.05, 0) is 34.5 Å². The van der Waals surface area contributed by atoms with Gasteiger partial charge in [-0.1, -0.05) is 23.9 Å². The van der Waals surface area contributed by atoms with Crippen molar-refractivity contribution < 1.29 is 14.1 Å². The zero-order chi connectivity index (χ0) is 17.7. The number of aromatic nitrogens is 2. The van der Waals surface area contributed by atoms with E-state index in [1.165, 1.54) is 23.0 Å². The number of nitrogens with one attached hydrogen (secondary N) is 1. The molecule has 0 aliphatic heterocycles. The second kappa shape index (κ2) is 7.68. The lowest BCUT2D eigenvalue weighted by molar-refractivity contribution is -0.392. The Morgan fingerprint density at radius 3 is 2.75 bits per heavy atom. The molecule has 2 rings (SSSR count). The normalized spacial score (nSPS) is 11.4. The first-order valence-corrected chi connectivity index (χ1v) is 7.74. The van der Waals surface area contributed by atoms with Crippen molar-refractivity contribution in [3.05, 3.63) is 52.1 Å². The van der Waals surface area contributed by atoms with Gasteiger partial charge in [-0.25, -0.2) is 9.82 Å². The van der Waals surface area contributed by atoms with Crippen LogP contribution < -0.4 is 5.43 Å². The molecule has 0 saturated carbocycles. The summed E-state index contributed by atoms with van der Waals surface area (Å²) in [6.07, 6.45) is 1.31. The predicted molar refractivity (Wildman–Crippen MR) is 87.3 cm³/mol. The first-order valence-electron chi connectivity index (χ1n) is 6.76. The number of nitrogens with zero attached hydrogens (tertiary/aromatic N) is 4. The van der Waals surface area contributed by atoms with Gasteiger partial charge in [-0.2, -0.15) is 5.10 Å². The van der Waals surface area contributed by atoms with Crippen molar-refractivity contribution in [2.75, 3.05) is 5.75 Å². The standard InChI is InChI=1S/C14H14FN5O3S/c1-9(10-3-5-11(15)6-4-10)17-18-12(21)7-24-14-13(20(22)23)16-8-19(14)2/h3-6,8H,7H2,1-2H3,(H,18,21)/b17-9-. The number of hydrogen-bond donors (Lipinski definition) is 1. The molecule has 0 bridgehead atoms. The average molecular weight is 351 g/mol. The van der Waals surface area contributed by atoms with Gasteiger partial charge in [-0.15, -0.1) is 0 Å². The molecule has 8 nitrogen and oxygen atoms in total. The van der Waals surface area contributed by atoms with Gasteiger partial charge >= 0.3 is 5.82 Å². The van der Waals surface area contributed by atoms with Gasteiger partial charge in [0.15, 0.2) is 5.03 Å². The molecule has 0 spiro atoms. The molecule has 2 aromatic rings. The van der Waals surface area contributed by atoms with Gasteiger partial charge in [0.05, 0.1) is 11.5 Å². The number of carbonyl (C=O) groups excluding carboxylic acids is 1. The van der Waals surface area contributed by atoms with Crippen LogP contribution in [0.2, 0.25) is 0 Å². The van der Waals surface area contributed by atoms with E-state index in [2.05, 4.69) is 15.5 Å². The highest BCUT2D eigenvalue weighted by atomic mass is 32.2. The van der Waals surface area contributed by atoms with Crippen LogP contribution in [0.1, 0.15) is 12.5 Å². The Labute approximate surface area is 140 Å². The lowest BCUT2D eigenvalue weighted by Crippen LogP contribution is -2.21. The molecule has 0 atom stereocenters. The first-order chi connectivity index (χ1) is 11.4.